The predicted molar refractivity (Wildman–Crippen MR) is 113 cm³/mol. The number of nitrogens with zero attached hydrogens (tertiary/aromatic N) is 6. The molecule has 5 rings (SSSR count). The van der Waals surface area contributed by atoms with Crippen LogP contribution in [0.2, 0.25) is 0 Å². The Balaban J connectivity index is 1.68. The largest absolute Gasteiger partial charge is 0.493 e. The fraction of sp³-hybridized carbons (Fsp3) is 0.200. The average Bonchev–Trinajstić information content (AvgIpc) is 3.44. The number of aromatic nitrogens is 6. The molecule has 0 radical (unpaired) electrons. The highest BCUT2D eigenvalue weighted by molar-refractivity contribution is 7.19. The average molecular weight is 422 g/mol. The fourth-order valence-corrected chi connectivity index (χ4v) is 4.30. The highest BCUT2D eigenvalue weighted by Crippen LogP contribution is 2.42. The number of imidazole rings is 1. The summed E-state index contributed by atoms with van der Waals surface area (Å²) < 4.78 is 20.1. The molecule has 5 aromatic rings. The number of rotatable bonds is 5. The molecule has 0 atom stereocenters. The van der Waals surface area contributed by atoms with Crippen LogP contribution in [-0.2, 0) is 0 Å². The van der Waals surface area contributed by atoms with E-state index in [1.807, 2.05) is 47.9 Å². The molecular weight excluding hydrogens is 404 g/mol. The van der Waals surface area contributed by atoms with Crippen LogP contribution in [0.5, 0.6) is 17.2 Å². The van der Waals surface area contributed by atoms with E-state index in [1.165, 1.54) is 11.3 Å². The summed E-state index contributed by atoms with van der Waals surface area (Å²) in [5, 5.41) is 14.2. The maximum absolute atomic E-state index is 5.47. The van der Waals surface area contributed by atoms with Crippen LogP contribution in [-0.4, -0.2) is 50.5 Å². The maximum Gasteiger partial charge on any atom is 0.235 e. The van der Waals surface area contributed by atoms with Crippen LogP contribution in [0, 0.1) is 6.92 Å². The second-order valence-electron chi connectivity index (χ2n) is 6.51. The molecule has 0 bridgehead atoms. The summed E-state index contributed by atoms with van der Waals surface area (Å²) in [5.41, 5.74) is 3.40. The lowest BCUT2D eigenvalue weighted by Crippen LogP contribution is -1.97. The maximum atomic E-state index is 5.47. The van der Waals surface area contributed by atoms with Gasteiger partial charge in [-0.3, -0.25) is 4.40 Å². The molecule has 0 N–H and O–H groups in total. The minimum atomic E-state index is 0.536. The normalized spacial score (nSPS) is 11.3. The van der Waals surface area contributed by atoms with Crippen molar-refractivity contribution in [1.29, 1.82) is 0 Å². The molecule has 4 aromatic heterocycles. The van der Waals surface area contributed by atoms with Crippen molar-refractivity contribution in [1.82, 2.24) is 29.2 Å². The van der Waals surface area contributed by atoms with Gasteiger partial charge in [-0.25, -0.2) is 4.98 Å². The highest BCUT2D eigenvalue weighted by atomic mass is 32.1. The number of ether oxygens (including phenoxy) is 3. The van der Waals surface area contributed by atoms with Crippen LogP contribution in [0.15, 0.2) is 36.5 Å². The number of fused-ring (bicyclic) bond motifs is 2. The van der Waals surface area contributed by atoms with E-state index < -0.39 is 0 Å². The first-order chi connectivity index (χ1) is 14.6. The third-order valence-corrected chi connectivity index (χ3v) is 5.77. The van der Waals surface area contributed by atoms with Crippen molar-refractivity contribution < 1.29 is 14.2 Å². The molecule has 0 aliphatic heterocycles. The minimum Gasteiger partial charge on any atom is -0.493 e. The number of methoxy groups -OCH3 is 3. The van der Waals surface area contributed by atoms with Crippen LogP contribution >= 0.6 is 11.3 Å². The number of hydrogen-bond acceptors (Lipinski definition) is 8. The third-order valence-electron chi connectivity index (χ3n) is 4.82. The lowest BCUT2D eigenvalue weighted by molar-refractivity contribution is 0.324. The molecule has 0 amide bonds. The van der Waals surface area contributed by atoms with E-state index in [1.54, 1.807) is 25.8 Å². The van der Waals surface area contributed by atoms with E-state index in [9.17, 15) is 0 Å². The Morgan fingerprint density at radius 2 is 1.73 bits per heavy atom. The van der Waals surface area contributed by atoms with Crippen molar-refractivity contribution in [2.45, 2.75) is 6.92 Å². The number of benzene rings is 1. The van der Waals surface area contributed by atoms with Crippen molar-refractivity contribution in [2.75, 3.05) is 21.3 Å². The Morgan fingerprint density at radius 3 is 2.43 bits per heavy atom. The van der Waals surface area contributed by atoms with E-state index in [0.29, 0.717) is 28.0 Å². The van der Waals surface area contributed by atoms with Crippen molar-refractivity contribution in [3.05, 3.63) is 42.2 Å². The summed E-state index contributed by atoms with van der Waals surface area (Å²) in [6.07, 6.45) is 1.96. The molecule has 4 heterocycles. The molecule has 0 saturated carbocycles. The Morgan fingerprint density at radius 1 is 0.967 bits per heavy atom. The molecule has 10 heteroatoms. The summed E-state index contributed by atoms with van der Waals surface area (Å²) >= 11 is 1.43. The number of hydrogen-bond donors (Lipinski definition) is 0. The van der Waals surface area contributed by atoms with Gasteiger partial charge in [0.1, 0.15) is 16.3 Å². The first-order valence-electron chi connectivity index (χ1n) is 9.11. The third kappa shape index (κ3) is 2.68. The zero-order valence-corrected chi connectivity index (χ0v) is 17.6. The standard InChI is InChI=1S/C20H18N6O3S/c1-11-16(25-8-6-5-7-15(25)21-11)18-22-23-20-26(18)24-19(30-20)12-9-13(27-2)17(29-4)14(10-12)28-3/h5-10H,1-4H3. The smallest absolute Gasteiger partial charge is 0.235 e. The monoisotopic (exact) mass is 422 g/mol. The van der Waals surface area contributed by atoms with Gasteiger partial charge in [0.15, 0.2) is 11.5 Å². The number of aryl methyl sites for hydroxylation is 1. The van der Waals surface area contributed by atoms with Crippen molar-refractivity contribution in [2.24, 2.45) is 0 Å². The summed E-state index contributed by atoms with van der Waals surface area (Å²) in [7, 11) is 4.75. The van der Waals surface area contributed by atoms with E-state index in [2.05, 4.69) is 15.2 Å². The first-order valence-corrected chi connectivity index (χ1v) is 9.93. The zero-order valence-electron chi connectivity index (χ0n) is 16.8. The molecule has 30 heavy (non-hydrogen) atoms. The van der Waals surface area contributed by atoms with Gasteiger partial charge in [0.25, 0.3) is 0 Å². The Labute approximate surface area is 175 Å². The minimum absolute atomic E-state index is 0.536. The van der Waals surface area contributed by atoms with Crippen LogP contribution in [0.1, 0.15) is 5.69 Å². The molecule has 0 fully saturated rings. The lowest BCUT2D eigenvalue weighted by Gasteiger charge is -2.13. The van der Waals surface area contributed by atoms with E-state index in [0.717, 1.165) is 27.6 Å². The van der Waals surface area contributed by atoms with Gasteiger partial charge in [-0.05, 0) is 31.2 Å². The molecule has 1 aromatic carbocycles. The van der Waals surface area contributed by atoms with Gasteiger partial charge in [0.05, 0.1) is 27.0 Å². The van der Waals surface area contributed by atoms with Crippen molar-refractivity contribution in [3.8, 4) is 39.3 Å². The van der Waals surface area contributed by atoms with E-state index in [4.69, 9.17) is 19.3 Å². The van der Waals surface area contributed by atoms with Gasteiger partial charge in [-0.2, -0.15) is 9.61 Å². The Kier molecular flexibility index (Phi) is 4.28. The van der Waals surface area contributed by atoms with Gasteiger partial charge in [-0.15, -0.1) is 10.2 Å². The zero-order chi connectivity index (χ0) is 20.8. The van der Waals surface area contributed by atoms with Gasteiger partial charge in [0.2, 0.25) is 16.5 Å². The molecule has 152 valence electrons. The topological polar surface area (TPSA) is 88.1 Å². The first kappa shape index (κ1) is 18.4. The van der Waals surface area contributed by atoms with Crippen LogP contribution in [0.25, 0.3) is 32.7 Å². The molecule has 9 nitrogen and oxygen atoms in total. The molecule has 0 aliphatic carbocycles. The quantitative estimate of drug-likeness (QED) is 0.428. The molecule has 0 unspecified atom stereocenters. The summed E-state index contributed by atoms with van der Waals surface area (Å²) in [6, 6.07) is 9.60. The second kappa shape index (κ2) is 6.99. The van der Waals surface area contributed by atoms with Crippen molar-refractivity contribution in [3.63, 3.8) is 0 Å². The Hall–Kier alpha value is -3.66. The Bertz CT molecular complexity index is 1360. The van der Waals surface area contributed by atoms with Crippen LogP contribution in [0.3, 0.4) is 0 Å². The lowest BCUT2D eigenvalue weighted by atomic mass is 10.2. The summed E-state index contributed by atoms with van der Waals surface area (Å²) in [6.45, 7) is 1.95. The summed E-state index contributed by atoms with van der Waals surface area (Å²) in [5.74, 6) is 2.30. The predicted octanol–water partition coefficient (Wildman–Crippen LogP) is 3.50. The number of pyridine rings is 1. The van der Waals surface area contributed by atoms with Crippen LogP contribution < -0.4 is 14.2 Å². The van der Waals surface area contributed by atoms with E-state index >= 15 is 0 Å². The fourth-order valence-electron chi connectivity index (χ4n) is 3.47. The van der Waals surface area contributed by atoms with Gasteiger partial charge in [-0.1, -0.05) is 17.4 Å². The van der Waals surface area contributed by atoms with Gasteiger partial charge in [0, 0.05) is 11.8 Å². The molecule has 0 spiro atoms. The van der Waals surface area contributed by atoms with Gasteiger partial charge >= 0.3 is 0 Å². The summed E-state index contributed by atoms with van der Waals surface area (Å²) in [4.78, 5) is 5.30. The van der Waals surface area contributed by atoms with Gasteiger partial charge < -0.3 is 14.2 Å². The van der Waals surface area contributed by atoms with Crippen molar-refractivity contribution >= 4 is 21.9 Å². The van der Waals surface area contributed by atoms with E-state index in [-0.39, 0.29) is 0 Å². The van der Waals surface area contributed by atoms with Crippen LogP contribution in [0.4, 0.5) is 0 Å². The molecule has 0 saturated heterocycles. The molecule has 0 aliphatic rings. The molecular formula is C20H18N6O3S. The SMILES string of the molecule is COc1cc(-c2nn3c(-c4c(C)nc5ccccn45)nnc3s2)cc(OC)c1OC. The highest BCUT2D eigenvalue weighted by Gasteiger charge is 2.21. The second-order valence-corrected chi connectivity index (χ2v) is 7.47.